The Morgan fingerprint density at radius 2 is 1.62 bits per heavy atom. The molecule has 0 aliphatic carbocycles. The van der Waals surface area contributed by atoms with Crippen molar-refractivity contribution in [3.63, 3.8) is 0 Å². The molecule has 0 saturated heterocycles. The van der Waals surface area contributed by atoms with Gasteiger partial charge in [0.2, 0.25) is 0 Å². The molecule has 0 spiro atoms. The second-order valence-corrected chi connectivity index (χ2v) is 7.24. The molecule has 0 radical (unpaired) electrons. The highest BCUT2D eigenvalue weighted by Gasteiger charge is 2.18. The van der Waals surface area contributed by atoms with E-state index in [9.17, 15) is 5.11 Å². The maximum atomic E-state index is 9.73. The van der Waals surface area contributed by atoms with Crippen LogP contribution >= 0.6 is 0 Å². The Morgan fingerprint density at radius 3 is 2.17 bits per heavy atom. The molecule has 1 aromatic heterocycles. The molecule has 0 bridgehead atoms. The lowest BCUT2D eigenvalue weighted by atomic mass is 9.90. The molecule has 0 aliphatic rings. The Kier molecular flexibility index (Phi) is 5.95. The van der Waals surface area contributed by atoms with E-state index in [0.29, 0.717) is 11.8 Å². The van der Waals surface area contributed by atoms with Crippen molar-refractivity contribution in [1.29, 1.82) is 0 Å². The first-order chi connectivity index (χ1) is 11.3. The number of pyridine rings is 1. The van der Waals surface area contributed by atoms with Crippen molar-refractivity contribution in [1.82, 2.24) is 4.98 Å². The second-order valence-electron chi connectivity index (χ2n) is 7.24. The zero-order chi connectivity index (χ0) is 17.9. The van der Waals surface area contributed by atoms with Gasteiger partial charge < -0.3 is 5.11 Å². The smallest absolute Gasteiger partial charge is 0.0687 e. The monoisotopic (exact) mass is 323 g/mol. The summed E-state index contributed by atoms with van der Waals surface area (Å²) in [6.07, 6.45) is 2.21. The first kappa shape index (κ1) is 18.4. The molecule has 0 unspecified atom stereocenters. The minimum Gasteiger partial charge on any atom is -0.392 e. The molecule has 0 amide bonds. The highest BCUT2D eigenvalue weighted by atomic mass is 16.3. The van der Waals surface area contributed by atoms with Crippen molar-refractivity contribution in [3.05, 3.63) is 58.4 Å². The van der Waals surface area contributed by atoms with E-state index in [0.717, 1.165) is 28.1 Å². The summed E-state index contributed by atoms with van der Waals surface area (Å²) in [7, 11) is 0. The van der Waals surface area contributed by atoms with Crippen LogP contribution in [-0.4, -0.2) is 10.1 Å². The number of allylic oxidation sites excluding steroid dienone is 1. The third kappa shape index (κ3) is 3.93. The van der Waals surface area contributed by atoms with Gasteiger partial charge in [-0.25, -0.2) is 0 Å². The molecular weight excluding hydrogens is 294 g/mol. The van der Waals surface area contributed by atoms with Gasteiger partial charge in [-0.3, -0.25) is 4.98 Å². The van der Waals surface area contributed by atoms with E-state index >= 15 is 0 Å². The average molecular weight is 323 g/mol. The quantitative estimate of drug-likeness (QED) is 0.742. The zero-order valence-electron chi connectivity index (χ0n) is 15.7. The third-order valence-corrected chi connectivity index (χ3v) is 4.13. The van der Waals surface area contributed by atoms with Crippen molar-refractivity contribution >= 4 is 6.08 Å². The van der Waals surface area contributed by atoms with E-state index in [-0.39, 0.29) is 6.61 Å². The summed E-state index contributed by atoms with van der Waals surface area (Å²) in [6, 6.07) is 10.3. The molecule has 1 heterocycles. The topological polar surface area (TPSA) is 33.1 Å². The molecule has 24 heavy (non-hydrogen) atoms. The third-order valence-electron chi connectivity index (χ3n) is 4.13. The molecule has 1 N–H and O–H groups in total. The lowest BCUT2D eigenvalue weighted by Gasteiger charge is -2.20. The number of aromatic nitrogens is 1. The summed E-state index contributed by atoms with van der Waals surface area (Å²) in [6.45, 7) is 13.0. The minimum absolute atomic E-state index is 0.0393. The molecule has 1 aromatic carbocycles. The van der Waals surface area contributed by atoms with Crippen molar-refractivity contribution < 1.29 is 5.11 Å². The molecule has 2 nitrogen and oxygen atoms in total. The number of aliphatic hydroxyl groups is 1. The van der Waals surface area contributed by atoms with Gasteiger partial charge in [0.05, 0.1) is 18.0 Å². The molecule has 0 fully saturated rings. The van der Waals surface area contributed by atoms with Crippen LogP contribution in [0, 0.1) is 0 Å². The van der Waals surface area contributed by atoms with Crippen LogP contribution in [0.3, 0.4) is 0 Å². The molecule has 2 heteroatoms. The van der Waals surface area contributed by atoms with Gasteiger partial charge >= 0.3 is 0 Å². The zero-order valence-corrected chi connectivity index (χ0v) is 15.7. The lowest BCUT2D eigenvalue weighted by molar-refractivity contribution is 0.282. The molecular formula is C22H29NO. The van der Waals surface area contributed by atoms with Crippen LogP contribution in [0.5, 0.6) is 0 Å². The molecule has 128 valence electrons. The van der Waals surface area contributed by atoms with Crippen LogP contribution in [-0.2, 0) is 6.61 Å². The van der Waals surface area contributed by atoms with Crippen LogP contribution < -0.4 is 0 Å². The summed E-state index contributed by atoms with van der Waals surface area (Å²) in [4.78, 5) is 5.05. The Morgan fingerprint density at radius 1 is 1.00 bits per heavy atom. The maximum absolute atomic E-state index is 9.73. The van der Waals surface area contributed by atoms with Crippen molar-refractivity contribution in [2.45, 2.75) is 60.0 Å². The Labute approximate surface area is 146 Å². The first-order valence-corrected chi connectivity index (χ1v) is 8.74. The van der Waals surface area contributed by atoms with Crippen molar-refractivity contribution in [2.75, 3.05) is 0 Å². The fraction of sp³-hybridized carbons (Fsp3) is 0.409. The van der Waals surface area contributed by atoms with Crippen molar-refractivity contribution in [3.8, 4) is 11.1 Å². The number of benzene rings is 1. The lowest BCUT2D eigenvalue weighted by Crippen LogP contribution is -2.06. The van der Waals surface area contributed by atoms with Gasteiger partial charge in [-0.15, -0.1) is 0 Å². The fourth-order valence-electron chi connectivity index (χ4n) is 3.02. The Hall–Kier alpha value is -1.93. The summed E-state index contributed by atoms with van der Waals surface area (Å²) >= 11 is 0. The van der Waals surface area contributed by atoms with E-state index in [1.807, 2.05) is 18.2 Å². The fourth-order valence-corrected chi connectivity index (χ4v) is 3.02. The van der Waals surface area contributed by atoms with E-state index < -0.39 is 0 Å². The molecule has 2 rings (SSSR count). The normalized spacial score (nSPS) is 11.2. The van der Waals surface area contributed by atoms with Crippen LogP contribution in [0.25, 0.3) is 17.2 Å². The molecule has 2 aromatic rings. The standard InChI is InChI=1S/C22H29NO/c1-14(2)11-18-12-20(19-10-8-7-9-17(19)13-24)22(16(5)6)23-21(18)15(3)4/h7-12,15-16,24H,13H2,1-6H3. The van der Waals surface area contributed by atoms with Gasteiger partial charge in [-0.2, -0.15) is 0 Å². The van der Waals surface area contributed by atoms with Crippen LogP contribution in [0.15, 0.2) is 35.9 Å². The van der Waals surface area contributed by atoms with E-state index in [1.165, 1.54) is 11.1 Å². The minimum atomic E-state index is 0.0393. The maximum Gasteiger partial charge on any atom is 0.0687 e. The van der Waals surface area contributed by atoms with Crippen molar-refractivity contribution in [2.24, 2.45) is 0 Å². The molecule has 0 atom stereocenters. The summed E-state index contributed by atoms with van der Waals surface area (Å²) in [5.74, 6) is 0.695. The number of nitrogens with zero attached hydrogens (tertiary/aromatic N) is 1. The van der Waals surface area contributed by atoms with Crippen LogP contribution in [0.2, 0.25) is 0 Å². The van der Waals surface area contributed by atoms with Gasteiger partial charge in [0, 0.05) is 5.56 Å². The number of rotatable bonds is 5. The Bertz CT molecular complexity index is 738. The summed E-state index contributed by atoms with van der Waals surface area (Å²) in [5.41, 5.74) is 7.84. The summed E-state index contributed by atoms with van der Waals surface area (Å²) < 4.78 is 0. The highest BCUT2D eigenvalue weighted by molar-refractivity contribution is 5.74. The van der Waals surface area contributed by atoms with E-state index in [2.05, 4.69) is 59.8 Å². The molecule has 0 saturated carbocycles. The number of hydrogen-bond acceptors (Lipinski definition) is 2. The number of hydrogen-bond donors (Lipinski definition) is 1. The highest BCUT2D eigenvalue weighted by Crippen LogP contribution is 2.34. The van der Waals surface area contributed by atoms with Gasteiger partial charge in [0.15, 0.2) is 0 Å². The molecule has 0 aliphatic heterocycles. The van der Waals surface area contributed by atoms with Gasteiger partial charge in [0.25, 0.3) is 0 Å². The summed E-state index contributed by atoms with van der Waals surface area (Å²) in [5, 5.41) is 9.73. The van der Waals surface area contributed by atoms with E-state index in [1.54, 1.807) is 0 Å². The first-order valence-electron chi connectivity index (χ1n) is 8.74. The van der Waals surface area contributed by atoms with Gasteiger partial charge in [-0.1, -0.05) is 63.6 Å². The van der Waals surface area contributed by atoms with Crippen LogP contribution in [0.4, 0.5) is 0 Å². The van der Waals surface area contributed by atoms with Gasteiger partial charge in [-0.05, 0) is 48.4 Å². The predicted molar refractivity (Wildman–Crippen MR) is 103 cm³/mol. The number of aliphatic hydroxyl groups excluding tert-OH is 1. The second kappa shape index (κ2) is 7.76. The SMILES string of the molecule is CC(C)=Cc1cc(-c2ccccc2CO)c(C(C)C)nc1C(C)C. The Balaban J connectivity index is 2.80. The van der Waals surface area contributed by atoms with Crippen LogP contribution in [0.1, 0.15) is 75.9 Å². The van der Waals surface area contributed by atoms with E-state index in [4.69, 9.17) is 4.98 Å². The predicted octanol–water partition coefficient (Wildman–Crippen LogP) is 5.91. The van der Waals surface area contributed by atoms with Gasteiger partial charge in [0.1, 0.15) is 0 Å². The largest absolute Gasteiger partial charge is 0.392 e. The average Bonchev–Trinajstić information content (AvgIpc) is 2.53.